The minimum absolute atomic E-state index is 0.124. The third-order valence-corrected chi connectivity index (χ3v) is 1.77. The average molecular weight is 169 g/mol. The van der Waals surface area contributed by atoms with Crippen molar-refractivity contribution in [1.29, 1.82) is 0 Å². The molecule has 0 aromatic heterocycles. The molecule has 0 heterocycles. The highest BCUT2D eigenvalue weighted by Gasteiger charge is 2.04. The molecule has 0 amide bonds. The van der Waals surface area contributed by atoms with Crippen LogP contribution in [-0.2, 0) is 6.42 Å². The highest BCUT2D eigenvalue weighted by Crippen LogP contribution is 2.21. The summed E-state index contributed by atoms with van der Waals surface area (Å²) < 4.78 is 12.9. The number of halogens is 1. The van der Waals surface area contributed by atoms with Gasteiger partial charge >= 0.3 is 0 Å². The predicted molar refractivity (Wildman–Crippen MR) is 45.6 cm³/mol. The summed E-state index contributed by atoms with van der Waals surface area (Å²) in [4.78, 5) is 0. The molecule has 1 aromatic rings. The van der Waals surface area contributed by atoms with Crippen molar-refractivity contribution in [3.63, 3.8) is 0 Å². The number of phenols is 1. The normalized spacial score (nSPS) is 10.2. The van der Waals surface area contributed by atoms with E-state index in [1.807, 2.05) is 0 Å². The molecule has 0 aliphatic carbocycles. The zero-order chi connectivity index (χ0) is 9.14. The lowest BCUT2D eigenvalue weighted by Gasteiger charge is -2.04. The number of nitrogens with two attached hydrogens (primary N) is 1. The molecule has 0 atom stereocenters. The first-order valence-electron chi connectivity index (χ1n) is 3.83. The Bertz CT molecular complexity index is 286. The first-order valence-corrected chi connectivity index (χ1v) is 3.83. The minimum Gasteiger partial charge on any atom is -0.508 e. The van der Waals surface area contributed by atoms with E-state index in [1.165, 1.54) is 12.1 Å². The summed E-state index contributed by atoms with van der Waals surface area (Å²) in [6, 6.07) is 2.75. The van der Waals surface area contributed by atoms with Crippen molar-refractivity contribution in [1.82, 2.24) is 0 Å². The summed E-state index contributed by atoms with van der Waals surface area (Å²) >= 11 is 0. The number of hydrogen-bond acceptors (Lipinski definition) is 2. The monoisotopic (exact) mass is 169 g/mol. The van der Waals surface area contributed by atoms with Crippen molar-refractivity contribution >= 4 is 0 Å². The van der Waals surface area contributed by atoms with Gasteiger partial charge in [0.15, 0.2) is 0 Å². The Hall–Kier alpha value is -1.09. The van der Waals surface area contributed by atoms with Crippen molar-refractivity contribution in [2.24, 2.45) is 5.73 Å². The number of rotatable bonds is 2. The predicted octanol–water partition coefficient (Wildman–Crippen LogP) is 1.34. The van der Waals surface area contributed by atoms with Crippen LogP contribution in [0, 0.1) is 12.7 Å². The standard InChI is InChI=1S/C9H12FNO/c1-6-4-9(12)7(2-3-11)5-8(6)10/h4-5,12H,2-3,11H2,1H3. The zero-order valence-electron chi connectivity index (χ0n) is 6.97. The van der Waals surface area contributed by atoms with Gasteiger partial charge in [-0.15, -0.1) is 0 Å². The number of aromatic hydroxyl groups is 1. The van der Waals surface area contributed by atoms with Gasteiger partial charge in [-0.25, -0.2) is 4.39 Å². The number of aryl methyl sites for hydroxylation is 1. The maximum atomic E-state index is 12.9. The minimum atomic E-state index is -0.295. The average Bonchev–Trinajstić information content (AvgIpc) is 2.01. The molecule has 1 rings (SSSR count). The Labute approximate surface area is 70.8 Å². The summed E-state index contributed by atoms with van der Waals surface area (Å²) in [5.41, 5.74) is 6.31. The molecule has 0 saturated heterocycles. The fraction of sp³-hybridized carbons (Fsp3) is 0.333. The molecule has 0 radical (unpaired) electrons. The molecule has 0 aliphatic heterocycles. The molecule has 66 valence electrons. The van der Waals surface area contributed by atoms with Gasteiger partial charge in [-0.1, -0.05) is 0 Å². The van der Waals surface area contributed by atoms with Crippen molar-refractivity contribution in [2.45, 2.75) is 13.3 Å². The fourth-order valence-electron chi connectivity index (χ4n) is 1.06. The Morgan fingerprint density at radius 3 is 2.75 bits per heavy atom. The van der Waals surface area contributed by atoms with Gasteiger partial charge in [0.2, 0.25) is 0 Å². The van der Waals surface area contributed by atoms with Gasteiger partial charge in [0.25, 0.3) is 0 Å². The van der Waals surface area contributed by atoms with Crippen LogP contribution >= 0.6 is 0 Å². The Kier molecular flexibility index (Phi) is 2.65. The second-order valence-corrected chi connectivity index (χ2v) is 2.77. The van der Waals surface area contributed by atoms with Gasteiger partial charge in [0.05, 0.1) is 0 Å². The Balaban J connectivity index is 3.05. The van der Waals surface area contributed by atoms with E-state index >= 15 is 0 Å². The zero-order valence-corrected chi connectivity index (χ0v) is 6.97. The summed E-state index contributed by atoms with van der Waals surface area (Å²) in [5, 5.41) is 9.32. The van der Waals surface area contributed by atoms with Crippen LogP contribution in [-0.4, -0.2) is 11.7 Å². The van der Waals surface area contributed by atoms with E-state index in [-0.39, 0.29) is 11.6 Å². The summed E-state index contributed by atoms with van der Waals surface area (Å²) in [6.45, 7) is 2.03. The molecule has 0 unspecified atom stereocenters. The summed E-state index contributed by atoms with van der Waals surface area (Å²) in [7, 11) is 0. The topological polar surface area (TPSA) is 46.2 Å². The van der Waals surface area contributed by atoms with E-state index < -0.39 is 0 Å². The van der Waals surface area contributed by atoms with Gasteiger partial charge in [0, 0.05) is 0 Å². The molecule has 1 aromatic carbocycles. The first-order chi connectivity index (χ1) is 5.65. The maximum Gasteiger partial charge on any atom is 0.126 e. The van der Waals surface area contributed by atoms with Crippen LogP contribution in [0.25, 0.3) is 0 Å². The quantitative estimate of drug-likeness (QED) is 0.701. The van der Waals surface area contributed by atoms with E-state index in [2.05, 4.69) is 0 Å². The lowest BCUT2D eigenvalue weighted by Crippen LogP contribution is -2.03. The number of benzene rings is 1. The maximum absolute atomic E-state index is 12.9. The molecule has 0 fully saturated rings. The van der Waals surface area contributed by atoms with Gasteiger partial charge in [0.1, 0.15) is 11.6 Å². The van der Waals surface area contributed by atoms with Gasteiger partial charge in [-0.05, 0) is 43.1 Å². The number of phenolic OH excluding ortho intramolecular Hbond substituents is 1. The second kappa shape index (κ2) is 3.54. The van der Waals surface area contributed by atoms with Crippen LogP contribution in [0.5, 0.6) is 5.75 Å². The van der Waals surface area contributed by atoms with Gasteiger partial charge in [-0.3, -0.25) is 0 Å². The third kappa shape index (κ3) is 1.74. The van der Waals surface area contributed by atoms with Crippen molar-refractivity contribution in [3.05, 3.63) is 29.1 Å². The first kappa shape index (κ1) is 9.00. The smallest absolute Gasteiger partial charge is 0.126 e. The highest BCUT2D eigenvalue weighted by atomic mass is 19.1. The van der Waals surface area contributed by atoms with Crippen LogP contribution in [0.15, 0.2) is 12.1 Å². The Morgan fingerprint density at radius 2 is 2.17 bits per heavy atom. The van der Waals surface area contributed by atoms with Crippen LogP contribution in [0.3, 0.4) is 0 Å². The van der Waals surface area contributed by atoms with Gasteiger partial charge < -0.3 is 10.8 Å². The third-order valence-electron chi connectivity index (χ3n) is 1.77. The van der Waals surface area contributed by atoms with E-state index in [1.54, 1.807) is 6.92 Å². The van der Waals surface area contributed by atoms with Crippen LogP contribution in [0.4, 0.5) is 4.39 Å². The SMILES string of the molecule is Cc1cc(O)c(CCN)cc1F. The molecule has 0 aliphatic rings. The molecule has 0 bridgehead atoms. The van der Waals surface area contributed by atoms with Crippen molar-refractivity contribution in [3.8, 4) is 5.75 Å². The van der Waals surface area contributed by atoms with E-state index in [0.29, 0.717) is 24.1 Å². The summed E-state index contributed by atoms with van der Waals surface area (Å²) in [6.07, 6.45) is 0.503. The molecular formula is C9H12FNO. The summed E-state index contributed by atoms with van der Waals surface area (Å²) in [5.74, 6) is -0.171. The van der Waals surface area contributed by atoms with Crippen LogP contribution in [0.2, 0.25) is 0 Å². The molecule has 3 heteroatoms. The lowest BCUT2D eigenvalue weighted by atomic mass is 10.1. The Morgan fingerprint density at radius 1 is 1.50 bits per heavy atom. The van der Waals surface area contributed by atoms with Crippen molar-refractivity contribution in [2.75, 3.05) is 6.54 Å². The molecule has 2 nitrogen and oxygen atoms in total. The molecule has 12 heavy (non-hydrogen) atoms. The second-order valence-electron chi connectivity index (χ2n) is 2.77. The largest absolute Gasteiger partial charge is 0.508 e. The molecule has 3 N–H and O–H groups in total. The van der Waals surface area contributed by atoms with E-state index in [9.17, 15) is 9.50 Å². The number of hydrogen-bond donors (Lipinski definition) is 2. The molecule has 0 spiro atoms. The van der Waals surface area contributed by atoms with Gasteiger partial charge in [-0.2, -0.15) is 0 Å². The van der Waals surface area contributed by atoms with Crippen LogP contribution < -0.4 is 5.73 Å². The highest BCUT2D eigenvalue weighted by molar-refractivity contribution is 5.37. The van der Waals surface area contributed by atoms with Crippen LogP contribution in [0.1, 0.15) is 11.1 Å². The fourth-order valence-corrected chi connectivity index (χ4v) is 1.06. The molecule has 0 saturated carbocycles. The lowest BCUT2D eigenvalue weighted by molar-refractivity contribution is 0.464. The van der Waals surface area contributed by atoms with Crippen molar-refractivity contribution < 1.29 is 9.50 Å². The van der Waals surface area contributed by atoms with E-state index in [0.717, 1.165) is 0 Å². The van der Waals surface area contributed by atoms with E-state index in [4.69, 9.17) is 5.73 Å². The molecular weight excluding hydrogens is 157 g/mol.